The van der Waals surface area contributed by atoms with E-state index in [1.807, 2.05) is 0 Å². The van der Waals surface area contributed by atoms with Crippen LogP contribution in [-0.4, -0.2) is 40.0 Å². The van der Waals surface area contributed by atoms with Crippen LogP contribution in [0, 0.1) is 5.92 Å². The fraction of sp³-hybridized carbons (Fsp3) is 0.625. The van der Waals surface area contributed by atoms with Crippen LogP contribution in [0.4, 0.5) is 0 Å². The third-order valence-electron chi connectivity index (χ3n) is 1.57. The van der Waals surface area contributed by atoms with Gasteiger partial charge in [-0.05, 0) is 0 Å². The molecule has 0 amide bonds. The highest BCUT2D eigenvalue weighted by molar-refractivity contribution is 7.80. The number of esters is 1. The van der Waals surface area contributed by atoms with Crippen LogP contribution in [0.2, 0.25) is 0 Å². The van der Waals surface area contributed by atoms with Crippen LogP contribution in [0.25, 0.3) is 0 Å². The number of carboxylic acids is 2. The lowest BCUT2D eigenvalue weighted by Crippen LogP contribution is -2.32. The molecule has 0 aliphatic rings. The van der Waals surface area contributed by atoms with E-state index in [0.717, 1.165) is 0 Å². The number of carboxylic acid groups (broad SMARTS) is 2. The lowest BCUT2D eigenvalue weighted by Gasteiger charge is -2.14. The molecule has 0 aliphatic heterocycles. The summed E-state index contributed by atoms with van der Waals surface area (Å²) < 4.78 is 4.51. The third-order valence-corrected chi connectivity index (χ3v) is 2.12. The highest BCUT2D eigenvalue weighted by Gasteiger charge is 2.27. The maximum atomic E-state index is 11.1. The summed E-state index contributed by atoms with van der Waals surface area (Å²) in [6.07, 6.45) is -2.39. The second kappa shape index (κ2) is 6.28. The van der Waals surface area contributed by atoms with E-state index in [1.165, 1.54) is 6.92 Å². The average Bonchev–Trinajstić information content (AvgIpc) is 2.14. The van der Waals surface area contributed by atoms with Gasteiger partial charge in [0.05, 0.1) is 12.3 Å². The van der Waals surface area contributed by atoms with Crippen LogP contribution in [0.5, 0.6) is 0 Å². The number of hydrogen-bond acceptors (Lipinski definition) is 5. The normalized spacial score (nSPS) is 14.0. The van der Waals surface area contributed by atoms with Gasteiger partial charge in [-0.25, -0.2) is 4.79 Å². The lowest BCUT2D eigenvalue weighted by atomic mass is 10.2. The van der Waals surface area contributed by atoms with Crippen molar-refractivity contribution in [2.24, 2.45) is 5.92 Å². The summed E-state index contributed by atoms with van der Waals surface area (Å²) in [4.78, 5) is 31.9. The summed E-state index contributed by atoms with van der Waals surface area (Å²) >= 11 is 3.83. The molecule has 86 valence electrons. The minimum atomic E-state index is -1.64. The zero-order valence-electron chi connectivity index (χ0n) is 8.04. The summed E-state index contributed by atoms with van der Waals surface area (Å²) in [7, 11) is 0. The van der Waals surface area contributed by atoms with Gasteiger partial charge in [0.15, 0.2) is 0 Å². The second-order valence-corrected chi connectivity index (χ2v) is 3.31. The van der Waals surface area contributed by atoms with Gasteiger partial charge >= 0.3 is 17.9 Å². The molecule has 0 rings (SSSR count). The van der Waals surface area contributed by atoms with Crippen molar-refractivity contribution in [2.75, 3.05) is 5.75 Å². The van der Waals surface area contributed by atoms with Crippen LogP contribution in [-0.2, 0) is 19.1 Å². The molecular weight excluding hydrogens is 224 g/mol. The highest BCUT2D eigenvalue weighted by atomic mass is 32.1. The first-order valence-electron chi connectivity index (χ1n) is 4.14. The summed E-state index contributed by atoms with van der Waals surface area (Å²) in [5.41, 5.74) is 0. The number of ether oxygens (including phenoxy) is 1. The minimum Gasteiger partial charge on any atom is -0.481 e. The van der Waals surface area contributed by atoms with Crippen molar-refractivity contribution in [3.05, 3.63) is 0 Å². The molecule has 0 spiro atoms. The fourth-order valence-corrected chi connectivity index (χ4v) is 0.818. The first kappa shape index (κ1) is 13.8. The van der Waals surface area contributed by atoms with Gasteiger partial charge in [0.1, 0.15) is 0 Å². The van der Waals surface area contributed by atoms with E-state index in [1.54, 1.807) is 0 Å². The molecule has 7 heteroatoms. The third kappa shape index (κ3) is 5.26. The minimum absolute atomic E-state index is 0.207. The Morgan fingerprint density at radius 3 is 2.20 bits per heavy atom. The molecule has 0 aromatic heterocycles. The van der Waals surface area contributed by atoms with Crippen molar-refractivity contribution in [2.45, 2.75) is 19.4 Å². The summed E-state index contributed by atoms with van der Waals surface area (Å²) in [6, 6.07) is 0. The maximum Gasteiger partial charge on any atom is 0.345 e. The molecule has 6 nitrogen and oxygen atoms in total. The van der Waals surface area contributed by atoms with E-state index in [4.69, 9.17) is 10.2 Å². The lowest BCUT2D eigenvalue weighted by molar-refractivity contribution is -0.169. The Hall–Kier alpha value is -1.24. The van der Waals surface area contributed by atoms with E-state index < -0.39 is 36.4 Å². The van der Waals surface area contributed by atoms with Crippen molar-refractivity contribution in [3.63, 3.8) is 0 Å². The quantitative estimate of drug-likeness (QED) is 0.444. The highest BCUT2D eigenvalue weighted by Crippen LogP contribution is 2.06. The van der Waals surface area contributed by atoms with Crippen molar-refractivity contribution in [1.82, 2.24) is 0 Å². The molecular formula is C8H12O6S. The fourth-order valence-electron chi connectivity index (χ4n) is 0.669. The van der Waals surface area contributed by atoms with Crippen molar-refractivity contribution in [1.29, 1.82) is 0 Å². The number of carbonyl (C=O) groups excluding carboxylic acids is 1. The van der Waals surface area contributed by atoms with Gasteiger partial charge in [0.2, 0.25) is 6.10 Å². The zero-order valence-corrected chi connectivity index (χ0v) is 8.94. The zero-order chi connectivity index (χ0) is 12.0. The molecule has 0 saturated carbocycles. The van der Waals surface area contributed by atoms with Gasteiger partial charge in [0, 0.05) is 5.75 Å². The Bertz CT molecular complexity index is 264. The van der Waals surface area contributed by atoms with Gasteiger partial charge in [-0.2, -0.15) is 12.6 Å². The van der Waals surface area contributed by atoms with Crippen LogP contribution in [0.15, 0.2) is 0 Å². The van der Waals surface area contributed by atoms with Crippen LogP contribution in [0.1, 0.15) is 13.3 Å². The van der Waals surface area contributed by atoms with E-state index in [2.05, 4.69) is 17.4 Å². The van der Waals surface area contributed by atoms with Gasteiger partial charge in [-0.3, -0.25) is 9.59 Å². The molecule has 0 aliphatic carbocycles. The van der Waals surface area contributed by atoms with Crippen molar-refractivity contribution in [3.8, 4) is 0 Å². The van der Waals surface area contributed by atoms with E-state index in [9.17, 15) is 14.4 Å². The van der Waals surface area contributed by atoms with Crippen molar-refractivity contribution < 1.29 is 29.3 Å². The Kier molecular flexibility index (Phi) is 5.76. The second-order valence-electron chi connectivity index (χ2n) is 2.95. The molecule has 0 aromatic rings. The molecule has 0 fully saturated rings. The number of rotatable bonds is 6. The van der Waals surface area contributed by atoms with Crippen LogP contribution < -0.4 is 0 Å². The smallest absolute Gasteiger partial charge is 0.345 e. The van der Waals surface area contributed by atoms with E-state index in [-0.39, 0.29) is 5.75 Å². The van der Waals surface area contributed by atoms with Gasteiger partial charge in [0.25, 0.3) is 0 Å². The van der Waals surface area contributed by atoms with Crippen LogP contribution in [0.3, 0.4) is 0 Å². The molecule has 0 bridgehead atoms. The number of hydrogen-bond donors (Lipinski definition) is 3. The molecule has 0 saturated heterocycles. The Morgan fingerprint density at radius 2 is 1.87 bits per heavy atom. The number of aliphatic carboxylic acids is 2. The monoisotopic (exact) mass is 236 g/mol. The summed E-state index contributed by atoms with van der Waals surface area (Å²) in [6.45, 7) is 1.51. The molecule has 15 heavy (non-hydrogen) atoms. The number of carbonyl (C=O) groups is 3. The van der Waals surface area contributed by atoms with Gasteiger partial charge in [-0.15, -0.1) is 0 Å². The van der Waals surface area contributed by atoms with Crippen molar-refractivity contribution >= 4 is 30.5 Å². The molecule has 2 N–H and O–H groups in total. The van der Waals surface area contributed by atoms with E-state index in [0.29, 0.717) is 0 Å². The predicted octanol–water partition coefficient (Wildman–Crippen LogP) is 0.0234. The largest absolute Gasteiger partial charge is 0.481 e. The first-order valence-corrected chi connectivity index (χ1v) is 4.77. The summed E-state index contributed by atoms with van der Waals surface area (Å²) in [5.74, 6) is -3.94. The Labute approximate surface area is 91.6 Å². The van der Waals surface area contributed by atoms with Gasteiger partial charge in [-0.1, -0.05) is 6.92 Å². The number of thiol groups is 1. The molecule has 0 heterocycles. The van der Waals surface area contributed by atoms with Crippen LogP contribution >= 0.6 is 12.6 Å². The van der Waals surface area contributed by atoms with E-state index >= 15 is 0 Å². The predicted molar refractivity (Wildman–Crippen MR) is 52.8 cm³/mol. The molecule has 0 unspecified atom stereocenters. The maximum absolute atomic E-state index is 11.1. The molecule has 2 atom stereocenters. The topological polar surface area (TPSA) is 101 Å². The SMILES string of the molecule is C[C@H](CS)C(=O)O[C@@H](CC(=O)O)C(=O)O. The summed E-state index contributed by atoms with van der Waals surface area (Å²) in [5, 5.41) is 16.9. The molecule has 0 aromatic carbocycles. The first-order chi connectivity index (χ1) is 6.88. The molecule has 0 radical (unpaired) electrons. The Morgan fingerprint density at radius 1 is 1.33 bits per heavy atom. The Balaban J connectivity index is 4.35. The standard InChI is InChI=1S/C8H12O6S/c1-4(3-15)8(13)14-5(7(11)12)2-6(9)10/h4-5,15H,2-3H2,1H3,(H,9,10)(H,11,12)/t4-,5+/m1/s1. The van der Waals surface area contributed by atoms with Gasteiger partial charge < -0.3 is 14.9 Å². The average molecular weight is 236 g/mol.